The lowest BCUT2D eigenvalue weighted by atomic mass is 10.2. The van der Waals surface area contributed by atoms with E-state index in [0.29, 0.717) is 18.3 Å². The topological polar surface area (TPSA) is 79.8 Å². The van der Waals surface area contributed by atoms with Gasteiger partial charge in [0.05, 0.1) is 13.2 Å². The quantitative estimate of drug-likeness (QED) is 0.779. The summed E-state index contributed by atoms with van der Waals surface area (Å²) in [6.07, 6.45) is 0.119. The number of benzene rings is 1. The highest BCUT2D eigenvalue weighted by molar-refractivity contribution is 8.15. The first-order valence-corrected chi connectivity index (χ1v) is 7.84. The molecule has 118 valence electrons. The van der Waals surface area contributed by atoms with Crippen LogP contribution >= 0.6 is 11.8 Å². The molecule has 0 unspecified atom stereocenters. The fourth-order valence-electron chi connectivity index (χ4n) is 1.94. The van der Waals surface area contributed by atoms with Crippen LogP contribution in [0.25, 0.3) is 0 Å². The van der Waals surface area contributed by atoms with E-state index >= 15 is 0 Å². The average molecular weight is 321 g/mol. The number of amides is 2. The van der Waals surface area contributed by atoms with Gasteiger partial charge in [-0.1, -0.05) is 30.0 Å². The van der Waals surface area contributed by atoms with E-state index in [0.717, 1.165) is 11.3 Å². The third-order valence-electron chi connectivity index (χ3n) is 3.12. The Balaban J connectivity index is 1.88. The maximum absolute atomic E-state index is 12.1. The van der Waals surface area contributed by atoms with Gasteiger partial charge in [-0.05, 0) is 18.6 Å². The number of carbonyl (C=O) groups is 2. The first-order valence-electron chi connectivity index (χ1n) is 6.96. The molecule has 6 nitrogen and oxygen atoms in total. The summed E-state index contributed by atoms with van der Waals surface area (Å²) in [5.74, 6) is -0.360. The summed E-state index contributed by atoms with van der Waals surface area (Å²) in [5, 5.41) is 5.63. The zero-order valence-electron chi connectivity index (χ0n) is 12.6. The van der Waals surface area contributed by atoms with Crippen LogP contribution < -0.4 is 10.6 Å². The molecule has 0 radical (unpaired) electrons. The number of nitrogens with one attached hydrogen (secondary N) is 2. The summed E-state index contributed by atoms with van der Waals surface area (Å²) in [5.41, 5.74) is 1.76. The Morgan fingerprint density at radius 1 is 1.45 bits per heavy atom. The maximum atomic E-state index is 12.1. The largest absolute Gasteiger partial charge is 0.383 e. The van der Waals surface area contributed by atoms with Crippen molar-refractivity contribution in [2.24, 2.45) is 4.99 Å². The molecule has 1 aromatic carbocycles. The Morgan fingerprint density at radius 2 is 2.23 bits per heavy atom. The van der Waals surface area contributed by atoms with E-state index in [9.17, 15) is 9.59 Å². The van der Waals surface area contributed by atoms with Gasteiger partial charge in [0, 0.05) is 19.2 Å². The van der Waals surface area contributed by atoms with Crippen LogP contribution in [0.15, 0.2) is 29.3 Å². The van der Waals surface area contributed by atoms with Gasteiger partial charge in [-0.2, -0.15) is 0 Å². The van der Waals surface area contributed by atoms with Crippen molar-refractivity contribution in [3.63, 3.8) is 0 Å². The number of methoxy groups -OCH3 is 1. The zero-order valence-corrected chi connectivity index (χ0v) is 13.4. The molecule has 0 aromatic heterocycles. The molecule has 22 heavy (non-hydrogen) atoms. The fourth-order valence-corrected chi connectivity index (χ4v) is 2.93. The Kier molecular flexibility index (Phi) is 5.97. The van der Waals surface area contributed by atoms with Crippen molar-refractivity contribution >= 4 is 34.4 Å². The number of thioether (sulfide) groups is 1. The zero-order chi connectivity index (χ0) is 15.9. The lowest BCUT2D eigenvalue weighted by Gasteiger charge is -2.09. The van der Waals surface area contributed by atoms with Crippen LogP contribution in [0.2, 0.25) is 0 Å². The van der Waals surface area contributed by atoms with Gasteiger partial charge in [-0.25, -0.2) is 0 Å². The number of hydrogen-bond acceptors (Lipinski definition) is 5. The monoisotopic (exact) mass is 321 g/mol. The molecule has 7 heteroatoms. The van der Waals surface area contributed by atoms with Crippen LogP contribution in [-0.4, -0.2) is 42.5 Å². The number of anilines is 1. The van der Waals surface area contributed by atoms with Crippen LogP contribution in [0.3, 0.4) is 0 Å². The second-order valence-electron chi connectivity index (χ2n) is 4.84. The molecule has 1 fully saturated rings. The van der Waals surface area contributed by atoms with Gasteiger partial charge < -0.3 is 15.4 Å². The third-order valence-corrected chi connectivity index (χ3v) is 4.24. The molecule has 1 atom stereocenters. The summed E-state index contributed by atoms with van der Waals surface area (Å²) in [7, 11) is 1.60. The van der Waals surface area contributed by atoms with Gasteiger partial charge in [-0.3, -0.25) is 14.6 Å². The number of aliphatic imine (C=N–C) groups is 1. The summed E-state index contributed by atoms with van der Waals surface area (Å²) in [6.45, 7) is 2.91. The molecule has 0 aliphatic carbocycles. The van der Waals surface area contributed by atoms with Crippen molar-refractivity contribution in [2.75, 3.05) is 25.6 Å². The normalized spacial score (nSPS) is 19.3. The first kappa shape index (κ1) is 16.5. The van der Waals surface area contributed by atoms with Gasteiger partial charge >= 0.3 is 0 Å². The number of carbonyl (C=O) groups excluding carboxylic acids is 2. The van der Waals surface area contributed by atoms with Crippen LogP contribution in [0.1, 0.15) is 12.0 Å². The van der Waals surface area contributed by atoms with Crippen molar-refractivity contribution < 1.29 is 14.3 Å². The molecule has 0 spiro atoms. The van der Waals surface area contributed by atoms with E-state index in [1.165, 1.54) is 11.8 Å². The first-order chi connectivity index (χ1) is 10.6. The number of nitrogens with zero attached hydrogens (tertiary/aromatic N) is 1. The van der Waals surface area contributed by atoms with Gasteiger partial charge in [0.1, 0.15) is 5.25 Å². The highest BCUT2D eigenvalue weighted by Crippen LogP contribution is 2.23. The van der Waals surface area contributed by atoms with Gasteiger partial charge in [0.15, 0.2) is 5.17 Å². The molecular formula is C15H19N3O3S. The Labute approximate surface area is 133 Å². The molecule has 1 saturated heterocycles. The second-order valence-corrected chi connectivity index (χ2v) is 6.03. The molecule has 0 saturated carbocycles. The Morgan fingerprint density at radius 3 is 2.95 bits per heavy atom. The van der Waals surface area contributed by atoms with Gasteiger partial charge in [-0.15, -0.1) is 0 Å². The van der Waals surface area contributed by atoms with E-state index in [1.54, 1.807) is 7.11 Å². The molecule has 2 rings (SSSR count). The van der Waals surface area contributed by atoms with Crippen molar-refractivity contribution in [3.8, 4) is 0 Å². The Bertz CT molecular complexity index is 589. The number of aryl methyl sites for hydroxylation is 1. The third kappa shape index (κ3) is 4.57. The van der Waals surface area contributed by atoms with Crippen LogP contribution in [-0.2, 0) is 14.3 Å². The van der Waals surface area contributed by atoms with Crippen molar-refractivity contribution in [1.29, 1.82) is 0 Å². The minimum absolute atomic E-state index is 0.119. The van der Waals surface area contributed by atoms with Crippen molar-refractivity contribution in [2.45, 2.75) is 18.6 Å². The molecule has 1 heterocycles. The lowest BCUT2D eigenvalue weighted by Crippen LogP contribution is -2.28. The molecule has 1 aliphatic rings. The number of ether oxygens (including phenoxy) is 1. The van der Waals surface area contributed by atoms with Crippen molar-refractivity contribution in [1.82, 2.24) is 5.32 Å². The number of rotatable bonds is 6. The second kappa shape index (κ2) is 7.95. The van der Waals surface area contributed by atoms with Gasteiger partial charge in [0.25, 0.3) is 0 Å². The van der Waals surface area contributed by atoms with E-state index in [-0.39, 0.29) is 18.2 Å². The smallest absolute Gasteiger partial charge is 0.240 e. The van der Waals surface area contributed by atoms with E-state index in [4.69, 9.17) is 4.74 Å². The highest BCUT2D eigenvalue weighted by atomic mass is 32.2. The summed E-state index contributed by atoms with van der Waals surface area (Å²) in [4.78, 5) is 28.1. The summed E-state index contributed by atoms with van der Waals surface area (Å²) < 4.78 is 4.90. The minimum Gasteiger partial charge on any atom is -0.383 e. The molecule has 1 aromatic rings. The number of amidine groups is 1. The Hall–Kier alpha value is -1.86. The van der Waals surface area contributed by atoms with E-state index < -0.39 is 5.25 Å². The molecule has 2 amide bonds. The van der Waals surface area contributed by atoms with Gasteiger partial charge in [0.2, 0.25) is 11.8 Å². The predicted molar refractivity (Wildman–Crippen MR) is 88.1 cm³/mol. The molecule has 2 N–H and O–H groups in total. The van der Waals surface area contributed by atoms with E-state index in [1.807, 2.05) is 31.2 Å². The molecule has 0 bridgehead atoms. The highest BCUT2D eigenvalue weighted by Gasteiger charge is 2.31. The van der Waals surface area contributed by atoms with Crippen LogP contribution in [0.5, 0.6) is 0 Å². The fraction of sp³-hybridized carbons (Fsp3) is 0.400. The summed E-state index contributed by atoms with van der Waals surface area (Å²) in [6, 6.07) is 7.54. The predicted octanol–water partition coefficient (Wildman–Crippen LogP) is 1.56. The molecule has 1 aliphatic heterocycles. The lowest BCUT2D eigenvalue weighted by molar-refractivity contribution is -0.122. The van der Waals surface area contributed by atoms with Crippen molar-refractivity contribution in [3.05, 3.63) is 29.8 Å². The maximum Gasteiger partial charge on any atom is 0.240 e. The number of hydrogen-bond donors (Lipinski definition) is 2. The summed E-state index contributed by atoms with van der Waals surface area (Å²) >= 11 is 1.29. The standard InChI is InChI=1S/C15H19N3O3S/c1-10-5-3-4-6-11(10)17-13(19)9-12-14(20)18-15(22-12)16-7-8-21-2/h3-6,12H,7-9H2,1-2H3,(H,17,19)(H,16,18,20)/t12-/m0/s1. The van der Waals surface area contributed by atoms with Crippen LogP contribution in [0, 0.1) is 6.92 Å². The number of para-hydroxylation sites is 1. The average Bonchev–Trinajstić information content (AvgIpc) is 2.82. The van der Waals surface area contributed by atoms with Crippen LogP contribution in [0.4, 0.5) is 5.69 Å². The van der Waals surface area contributed by atoms with E-state index in [2.05, 4.69) is 15.6 Å². The SMILES string of the molecule is COCCN=C1NC(=O)[C@H](CC(=O)Nc2ccccc2C)S1. The minimum atomic E-state index is -0.440. The molecular weight excluding hydrogens is 302 g/mol.